The van der Waals surface area contributed by atoms with Crippen molar-refractivity contribution in [3.05, 3.63) is 0 Å². The molecule has 0 amide bonds. The van der Waals surface area contributed by atoms with Crippen molar-refractivity contribution in [2.24, 2.45) is 23.0 Å². The van der Waals surface area contributed by atoms with Crippen LogP contribution in [-0.2, 0) is 0 Å². The SMILES string of the molecule is CCC(C)(C)C1CCC(N(C)C2CCCCC2CN)CC1. The molecule has 0 radical (unpaired) electrons. The summed E-state index contributed by atoms with van der Waals surface area (Å²) in [6, 6.07) is 1.57. The Balaban J connectivity index is 1.89. The van der Waals surface area contributed by atoms with Crippen LogP contribution < -0.4 is 5.73 Å². The van der Waals surface area contributed by atoms with Crippen molar-refractivity contribution in [2.75, 3.05) is 13.6 Å². The molecule has 2 N–H and O–H groups in total. The maximum absolute atomic E-state index is 6.03. The lowest BCUT2D eigenvalue weighted by atomic mass is 9.68. The summed E-state index contributed by atoms with van der Waals surface area (Å²) in [5.41, 5.74) is 6.57. The zero-order valence-electron chi connectivity index (χ0n) is 14.9. The van der Waals surface area contributed by atoms with Gasteiger partial charge in [-0.1, -0.05) is 40.0 Å². The molecule has 0 spiro atoms. The molecule has 0 heterocycles. The molecule has 0 saturated heterocycles. The van der Waals surface area contributed by atoms with E-state index in [1.165, 1.54) is 57.8 Å². The van der Waals surface area contributed by atoms with Crippen LogP contribution in [0.3, 0.4) is 0 Å². The summed E-state index contributed by atoms with van der Waals surface area (Å²) >= 11 is 0. The molecule has 0 aromatic heterocycles. The zero-order chi connectivity index (χ0) is 15.5. The number of rotatable bonds is 5. The van der Waals surface area contributed by atoms with E-state index in [0.717, 1.165) is 30.5 Å². The van der Waals surface area contributed by atoms with Crippen molar-refractivity contribution in [1.82, 2.24) is 4.90 Å². The molecule has 2 saturated carbocycles. The minimum Gasteiger partial charge on any atom is -0.330 e. The summed E-state index contributed by atoms with van der Waals surface area (Å²) in [6.07, 6.45) is 12.5. The van der Waals surface area contributed by atoms with Crippen LogP contribution in [0.1, 0.15) is 78.6 Å². The van der Waals surface area contributed by atoms with E-state index in [0.29, 0.717) is 5.41 Å². The summed E-state index contributed by atoms with van der Waals surface area (Å²) in [5.74, 6) is 1.68. The fraction of sp³-hybridized carbons (Fsp3) is 1.00. The van der Waals surface area contributed by atoms with Crippen LogP contribution in [0.25, 0.3) is 0 Å². The van der Waals surface area contributed by atoms with Gasteiger partial charge in [0.1, 0.15) is 0 Å². The van der Waals surface area contributed by atoms with Gasteiger partial charge >= 0.3 is 0 Å². The Morgan fingerprint density at radius 3 is 2.19 bits per heavy atom. The van der Waals surface area contributed by atoms with Crippen molar-refractivity contribution >= 4 is 0 Å². The lowest BCUT2D eigenvalue weighted by Gasteiger charge is -2.46. The topological polar surface area (TPSA) is 29.3 Å². The van der Waals surface area contributed by atoms with Gasteiger partial charge in [-0.25, -0.2) is 0 Å². The number of nitrogens with two attached hydrogens (primary N) is 1. The third-order valence-corrected chi connectivity index (χ3v) is 6.98. The largest absolute Gasteiger partial charge is 0.330 e. The third-order valence-electron chi connectivity index (χ3n) is 6.98. The van der Waals surface area contributed by atoms with Gasteiger partial charge in [-0.2, -0.15) is 0 Å². The van der Waals surface area contributed by atoms with Crippen molar-refractivity contribution in [2.45, 2.75) is 90.6 Å². The Kier molecular flexibility index (Phi) is 6.14. The first kappa shape index (κ1) is 17.3. The summed E-state index contributed by atoms with van der Waals surface area (Å²) in [7, 11) is 2.38. The van der Waals surface area contributed by atoms with Gasteiger partial charge in [-0.15, -0.1) is 0 Å². The van der Waals surface area contributed by atoms with Gasteiger partial charge in [-0.3, -0.25) is 0 Å². The van der Waals surface area contributed by atoms with E-state index < -0.39 is 0 Å². The highest BCUT2D eigenvalue weighted by atomic mass is 15.2. The quantitative estimate of drug-likeness (QED) is 0.812. The molecule has 21 heavy (non-hydrogen) atoms. The summed E-state index contributed by atoms with van der Waals surface area (Å²) in [4.78, 5) is 2.73. The van der Waals surface area contributed by atoms with Crippen LogP contribution in [0.5, 0.6) is 0 Å². The van der Waals surface area contributed by atoms with E-state index in [4.69, 9.17) is 5.73 Å². The van der Waals surface area contributed by atoms with Crippen LogP contribution >= 0.6 is 0 Å². The van der Waals surface area contributed by atoms with Gasteiger partial charge in [-0.05, 0) is 69.4 Å². The standard InChI is InChI=1S/C19H38N2/c1-5-19(2,3)16-10-12-17(13-11-16)21(4)18-9-7-6-8-15(18)14-20/h15-18H,5-14,20H2,1-4H3. The Morgan fingerprint density at radius 1 is 1.00 bits per heavy atom. The molecule has 2 aliphatic rings. The highest BCUT2D eigenvalue weighted by molar-refractivity contribution is 4.90. The van der Waals surface area contributed by atoms with E-state index in [1.807, 2.05) is 0 Å². The first-order valence-electron chi connectivity index (χ1n) is 9.41. The average Bonchev–Trinajstić information content (AvgIpc) is 2.54. The van der Waals surface area contributed by atoms with E-state index >= 15 is 0 Å². The summed E-state index contributed by atoms with van der Waals surface area (Å²) < 4.78 is 0. The molecule has 0 aromatic rings. The smallest absolute Gasteiger partial charge is 0.0135 e. The maximum atomic E-state index is 6.03. The van der Waals surface area contributed by atoms with E-state index in [2.05, 4.69) is 32.7 Å². The predicted molar refractivity (Wildman–Crippen MR) is 92.4 cm³/mol. The molecule has 124 valence electrons. The minimum absolute atomic E-state index is 0.536. The zero-order valence-corrected chi connectivity index (χ0v) is 14.9. The van der Waals surface area contributed by atoms with E-state index in [9.17, 15) is 0 Å². The second-order valence-electron chi connectivity index (χ2n) is 8.36. The van der Waals surface area contributed by atoms with E-state index in [-0.39, 0.29) is 0 Å². The fourth-order valence-electron chi connectivity index (χ4n) is 4.82. The molecular weight excluding hydrogens is 256 g/mol. The third kappa shape index (κ3) is 4.01. The number of hydrogen-bond acceptors (Lipinski definition) is 2. The maximum Gasteiger partial charge on any atom is 0.0135 e. The molecule has 0 bridgehead atoms. The Bertz CT molecular complexity index is 305. The van der Waals surface area contributed by atoms with Crippen LogP contribution in [0, 0.1) is 17.3 Å². The number of hydrogen-bond donors (Lipinski definition) is 1. The van der Waals surface area contributed by atoms with Gasteiger partial charge in [0.15, 0.2) is 0 Å². The molecule has 0 aliphatic heterocycles. The van der Waals surface area contributed by atoms with Gasteiger partial charge in [0.2, 0.25) is 0 Å². The van der Waals surface area contributed by atoms with Crippen molar-refractivity contribution in [1.29, 1.82) is 0 Å². The normalized spacial score (nSPS) is 35.1. The lowest BCUT2D eigenvalue weighted by molar-refractivity contribution is 0.0447. The molecule has 2 rings (SSSR count). The molecule has 2 heteroatoms. The van der Waals surface area contributed by atoms with Crippen molar-refractivity contribution < 1.29 is 0 Å². The fourth-order valence-corrected chi connectivity index (χ4v) is 4.82. The molecule has 0 aromatic carbocycles. The molecule has 2 aliphatic carbocycles. The Morgan fingerprint density at radius 2 is 1.62 bits per heavy atom. The van der Waals surface area contributed by atoms with Gasteiger partial charge in [0.05, 0.1) is 0 Å². The van der Waals surface area contributed by atoms with Gasteiger partial charge in [0, 0.05) is 12.1 Å². The Hall–Kier alpha value is -0.0800. The van der Waals surface area contributed by atoms with Gasteiger partial charge in [0.25, 0.3) is 0 Å². The van der Waals surface area contributed by atoms with Crippen LogP contribution in [-0.4, -0.2) is 30.6 Å². The predicted octanol–water partition coefficient (Wildman–Crippen LogP) is 4.43. The highest BCUT2D eigenvalue weighted by Gasteiger charge is 2.36. The van der Waals surface area contributed by atoms with Crippen molar-refractivity contribution in [3.63, 3.8) is 0 Å². The van der Waals surface area contributed by atoms with E-state index in [1.54, 1.807) is 0 Å². The first-order chi connectivity index (χ1) is 9.99. The second-order valence-corrected chi connectivity index (χ2v) is 8.36. The molecule has 2 atom stereocenters. The first-order valence-corrected chi connectivity index (χ1v) is 9.41. The minimum atomic E-state index is 0.536. The lowest BCUT2D eigenvalue weighted by Crippen LogP contribution is -2.49. The molecule has 2 unspecified atom stereocenters. The van der Waals surface area contributed by atoms with Crippen LogP contribution in [0.4, 0.5) is 0 Å². The van der Waals surface area contributed by atoms with Gasteiger partial charge < -0.3 is 10.6 Å². The molecular formula is C19H38N2. The van der Waals surface area contributed by atoms with Crippen molar-refractivity contribution in [3.8, 4) is 0 Å². The molecule has 2 nitrogen and oxygen atoms in total. The summed E-state index contributed by atoms with van der Waals surface area (Å²) in [5, 5.41) is 0. The monoisotopic (exact) mass is 294 g/mol. The summed E-state index contributed by atoms with van der Waals surface area (Å²) in [6.45, 7) is 8.17. The Labute approximate surface area is 132 Å². The molecule has 2 fully saturated rings. The van der Waals surface area contributed by atoms with Crippen LogP contribution in [0.15, 0.2) is 0 Å². The second kappa shape index (κ2) is 7.46. The number of nitrogens with zero attached hydrogens (tertiary/aromatic N) is 1. The van der Waals surface area contributed by atoms with Crippen LogP contribution in [0.2, 0.25) is 0 Å². The highest BCUT2D eigenvalue weighted by Crippen LogP contribution is 2.42. The average molecular weight is 295 g/mol.